The van der Waals surface area contributed by atoms with Crippen LogP contribution in [0.5, 0.6) is 5.75 Å². The van der Waals surface area contributed by atoms with Crippen molar-refractivity contribution < 1.29 is 4.74 Å². The highest BCUT2D eigenvalue weighted by atomic mass is 35.5. The van der Waals surface area contributed by atoms with Crippen LogP contribution in [0, 0.1) is 0 Å². The molecule has 0 atom stereocenters. The van der Waals surface area contributed by atoms with Crippen molar-refractivity contribution in [3.8, 4) is 5.75 Å². The molecule has 1 aliphatic heterocycles. The second-order valence-corrected chi connectivity index (χ2v) is 2.99. The van der Waals surface area contributed by atoms with Crippen molar-refractivity contribution in [2.75, 3.05) is 6.61 Å². The molecule has 1 aromatic rings. The molecule has 2 rings (SSSR count). The van der Waals surface area contributed by atoms with Crippen LogP contribution in [0.3, 0.4) is 0 Å². The van der Waals surface area contributed by atoms with E-state index in [1.807, 2.05) is 6.07 Å². The molecule has 0 aliphatic carbocycles. The van der Waals surface area contributed by atoms with E-state index in [1.54, 1.807) is 6.20 Å². The van der Waals surface area contributed by atoms with Gasteiger partial charge in [0.25, 0.3) is 0 Å². The number of fused-ring (bicyclic) bond motifs is 1. The Morgan fingerprint density at radius 3 is 3.36 bits per heavy atom. The quantitative estimate of drug-likeness (QED) is 0.593. The van der Waals surface area contributed by atoms with Crippen LogP contribution in [0.1, 0.15) is 12.1 Å². The predicted molar refractivity (Wildman–Crippen MR) is 43.1 cm³/mol. The first-order valence-electron chi connectivity index (χ1n) is 3.63. The van der Waals surface area contributed by atoms with E-state index in [4.69, 9.17) is 16.3 Å². The van der Waals surface area contributed by atoms with Crippen molar-refractivity contribution in [2.24, 2.45) is 0 Å². The second kappa shape index (κ2) is 2.70. The monoisotopic (exact) mass is 169 g/mol. The molecule has 3 heteroatoms. The third-order valence-electron chi connectivity index (χ3n) is 1.71. The Balaban J connectivity index is 2.43. The van der Waals surface area contributed by atoms with E-state index in [0.717, 1.165) is 30.9 Å². The van der Waals surface area contributed by atoms with E-state index in [1.165, 1.54) is 0 Å². The lowest BCUT2D eigenvalue weighted by molar-refractivity contribution is 0.285. The van der Waals surface area contributed by atoms with Gasteiger partial charge in [-0.05, 0) is 12.8 Å². The van der Waals surface area contributed by atoms with Crippen LogP contribution < -0.4 is 4.74 Å². The van der Waals surface area contributed by atoms with Crippen molar-refractivity contribution in [1.82, 2.24) is 4.98 Å². The molecule has 0 unspecified atom stereocenters. The summed E-state index contributed by atoms with van der Waals surface area (Å²) in [6.45, 7) is 0.787. The molecule has 0 bridgehead atoms. The average molecular weight is 170 g/mol. The van der Waals surface area contributed by atoms with E-state index in [9.17, 15) is 0 Å². The number of hydrogen-bond donors (Lipinski definition) is 0. The lowest BCUT2D eigenvalue weighted by Gasteiger charge is -2.15. The molecule has 11 heavy (non-hydrogen) atoms. The molecule has 0 aromatic carbocycles. The molecule has 0 saturated carbocycles. The fraction of sp³-hybridized carbons (Fsp3) is 0.375. The summed E-state index contributed by atoms with van der Waals surface area (Å²) in [5.74, 6) is 0.851. The van der Waals surface area contributed by atoms with Crippen LogP contribution in [-0.2, 0) is 6.42 Å². The maximum absolute atomic E-state index is 5.73. The molecular weight excluding hydrogens is 162 g/mol. The summed E-state index contributed by atoms with van der Waals surface area (Å²) in [4.78, 5) is 4.16. The minimum Gasteiger partial charge on any atom is -0.492 e. The number of pyridine rings is 1. The lowest BCUT2D eigenvalue weighted by Crippen LogP contribution is -2.09. The molecule has 0 amide bonds. The number of aryl methyl sites for hydroxylation is 1. The van der Waals surface area contributed by atoms with Gasteiger partial charge in [-0.1, -0.05) is 11.6 Å². The van der Waals surface area contributed by atoms with Crippen LogP contribution in [0.2, 0.25) is 5.02 Å². The highest BCUT2D eigenvalue weighted by Crippen LogP contribution is 2.25. The maximum Gasteiger partial charge on any atom is 0.142 e. The first kappa shape index (κ1) is 6.92. The molecule has 0 fully saturated rings. The van der Waals surface area contributed by atoms with Gasteiger partial charge in [0.05, 0.1) is 17.3 Å². The van der Waals surface area contributed by atoms with Crippen LogP contribution in [0.4, 0.5) is 0 Å². The fourth-order valence-corrected chi connectivity index (χ4v) is 1.33. The third-order valence-corrected chi connectivity index (χ3v) is 1.92. The molecule has 58 valence electrons. The number of aromatic nitrogens is 1. The van der Waals surface area contributed by atoms with Gasteiger partial charge in [0.1, 0.15) is 5.75 Å². The van der Waals surface area contributed by atoms with Crippen molar-refractivity contribution in [3.05, 3.63) is 23.0 Å². The zero-order valence-corrected chi connectivity index (χ0v) is 6.77. The molecule has 2 nitrogen and oxygen atoms in total. The smallest absolute Gasteiger partial charge is 0.142 e. The second-order valence-electron chi connectivity index (χ2n) is 2.55. The summed E-state index contributed by atoms with van der Waals surface area (Å²) >= 11 is 5.73. The summed E-state index contributed by atoms with van der Waals surface area (Å²) in [6.07, 6.45) is 3.73. The first-order valence-corrected chi connectivity index (χ1v) is 4.01. The van der Waals surface area contributed by atoms with Crippen molar-refractivity contribution in [3.63, 3.8) is 0 Å². The zero-order valence-electron chi connectivity index (χ0n) is 6.01. The topological polar surface area (TPSA) is 22.1 Å². The van der Waals surface area contributed by atoms with Gasteiger partial charge in [0.2, 0.25) is 0 Å². The number of hydrogen-bond acceptors (Lipinski definition) is 2. The number of halogens is 1. The van der Waals surface area contributed by atoms with Gasteiger partial charge in [0, 0.05) is 12.3 Å². The minimum atomic E-state index is 0.644. The summed E-state index contributed by atoms with van der Waals surface area (Å²) in [5.41, 5.74) is 1.03. The number of nitrogens with zero attached hydrogens (tertiary/aromatic N) is 1. The van der Waals surface area contributed by atoms with E-state index in [2.05, 4.69) is 4.98 Å². The van der Waals surface area contributed by atoms with Crippen LogP contribution in [0.15, 0.2) is 12.3 Å². The Morgan fingerprint density at radius 2 is 2.45 bits per heavy atom. The van der Waals surface area contributed by atoms with Gasteiger partial charge in [-0.15, -0.1) is 0 Å². The zero-order chi connectivity index (χ0) is 7.68. The van der Waals surface area contributed by atoms with Gasteiger partial charge in [-0.3, -0.25) is 4.98 Å². The van der Waals surface area contributed by atoms with Crippen molar-refractivity contribution in [2.45, 2.75) is 12.8 Å². The largest absolute Gasteiger partial charge is 0.492 e. The summed E-state index contributed by atoms with van der Waals surface area (Å²) in [6, 6.07) is 1.82. The molecule has 0 radical (unpaired) electrons. The summed E-state index contributed by atoms with van der Waals surface area (Å²) in [5, 5.41) is 0.644. The minimum absolute atomic E-state index is 0.644. The van der Waals surface area contributed by atoms with E-state index >= 15 is 0 Å². The Bertz CT molecular complexity index is 275. The Kier molecular flexibility index (Phi) is 1.70. The highest BCUT2D eigenvalue weighted by molar-refractivity contribution is 6.30. The van der Waals surface area contributed by atoms with E-state index in [-0.39, 0.29) is 0 Å². The molecule has 2 heterocycles. The van der Waals surface area contributed by atoms with Gasteiger partial charge in [-0.2, -0.15) is 0 Å². The van der Waals surface area contributed by atoms with Crippen LogP contribution >= 0.6 is 11.6 Å². The average Bonchev–Trinajstić information content (AvgIpc) is 2.04. The van der Waals surface area contributed by atoms with Gasteiger partial charge in [0.15, 0.2) is 0 Å². The Morgan fingerprint density at radius 1 is 1.55 bits per heavy atom. The van der Waals surface area contributed by atoms with Crippen LogP contribution in [0.25, 0.3) is 0 Å². The van der Waals surface area contributed by atoms with Crippen molar-refractivity contribution in [1.29, 1.82) is 0 Å². The third kappa shape index (κ3) is 1.31. The molecular formula is C8H8ClNO. The van der Waals surface area contributed by atoms with Crippen LogP contribution in [-0.4, -0.2) is 11.6 Å². The highest BCUT2D eigenvalue weighted by Gasteiger charge is 2.10. The van der Waals surface area contributed by atoms with Crippen molar-refractivity contribution >= 4 is 11.6 Å². The molecule has 1 aromatic heterocycles. The lowest BCUT2D eigenvalue weighted by atomic mass is 10.2. The number of ether oxygens (including phenoxy) is 1. The van der Waals surface area contributed by atoms with Gasteiger partial charge in [-0.25, -0.2) is 0 Å². The predicted octanol–water partition coefficient (Wildman–Crippen LogP) is 2.06. The standard InChI is InChI=1S/C8H8ClNO/c9-6-4-8-7(10-5-6)2-1-3-11-8/h4-5H,1-3H2. The normalized spacial score (nSPS) is 15.4. The molecule has 1 aliphatic rings. The van der Waals surface area contributed by atoms with Gasteiger partial charge >= 0.3 is 0 Å². The fourth-order valence-electron chi connectivity index (χ4n) is 1.18. The van der Waals surface area contributed by atoms with Gasteiger partial charge < -0.3 is 4.74 Å². The number of rotatable bonds is 0. The molecule has 0 spiro atoms. The van der Waals surface area contributed by atoms with E-state index < -0.39 is 0 Å². The Labute approximate surface area is 70.2 Å². The maximum atomic E-state index is 5.73. The summed E-state index contributed by atoms with van der Waals surface area (Å²) in [7, 11) is 0. The first-order chi connectivity index (χ1) is 5.36. The molecule has 0 N–H and O–H groups in total. The SMILES string of the molecule is Clc1cnc2c(c1)OCCC2. The van der Waals surface area contributed by atoms with E-state index in [0.29, 0.717) is 5.02 Å². The Hall–Kier alpha value is -0.760. The summed E-state index contributed by atoms with van der Waals surface area (Å²) < 4.78 is 5.36. The molecule has 0 saturated heterocycles.